The van der Waals surface area contributed by atoms with E-state index in [4.69, 9.17) is 0 Å². The molecule has 2 atom stereocenters. The maximum Gasteiger partial charge on any atom is 0.289 e. The van der Waals surface area contributed by atoms with Gasteiger partial charge in [-0.1, -0.05) is 37.1 Å². The second-order valence-corrected chi connectivity index (χ2v) is 9.19. The molecule has 1 aromatic rings. The fraction of sp³-hybridized carbons (Fsp3) is 0.476. The Balaban J connectivity index is 2.16. The van der Waals surface area contributed by atoms with Gasteiger partial charge in [0.15, 0.2) is 0 Å². The van der Waals surface area contributed by atoms with Gasteiger partial charge in [0, 0.05) is 13.1 Å². The number of nitrogens with zero attached hydrogens (tertiary/aromatic N) is 1. The van der Waals surface area contributed by atoms with Crippen molar-refractivity contribution >= 4 is 27.6 Å². The number of hydrogen-bond donors (Lipinski definition) is 2. The topological polar surface area (TPSA) is 113 Å². The van der Waals surface area contributed by atoms with Crippen LogP contribution in [0, 0.1) is 6.92 Å². The summed E-state index contributed by atoms with van der Waals surface area (Å²) in [5.74, 6) is -2.12. The highest BCUT2D eigenvalue weighted by atomic mass is 32.2. The minimum atomic E-state index is -3.85. The summed E-state index contributed by atoms with van der Waals surface area (Å²) in [6, 6.07) is 4.53. The van der Waals surface area contributed by atoms with E-state index in [1.165, 1.54) is 22.5 Å². The number of nitrogens with one attached hydrogen (secondary N) is 2. The molecular weight excluding hydrogens is 406 g/mol. The van der Waals surface area contributed by atoms with E-state index in [2.05, 4.69) is 17.2 Å². The molecule has 0 bridgehead atoms. The molecule has 0 saturated carbocycles. The lowest BCUT2D eigenvalue weighted by atomic mass is 10.1. The number of benzene rings is 1. The van der Waals surface area contributed by atoms with Crippen LogP contribution in [0.15, 0.2) is 41.8 Å². The average Bonchev–Trinajstić information content (AvgIpc) is 3.22. The fourth-order valence-electron chi connectivity index (χ4n) is 3.37. The molecule has 1 aliphatic rings. The number of ketones is 1. The van der Waals surface area contributed by atoms with Gasteiger partial charge in [-0.15, -0.1) is 6.58 Å². The first-order valence-corrected chi connectivity index (χ1v) is 11.5. The summed E-state index contributed by atoms with van der Waals surface area (Å²) in [6.07, 6.45) is 3.19. The van der Waals surface area contributed by atoms with Crippen LogP contribution in [0.2, 0.25) is 0 Å². The number of rotatable bonds is 10. The standard InChI is InChI=1S/C21H29N3O5S/c1-4-7-17(19(25)21(27)22-13-5-2)23-20(26)18-8-6-14-24(18)30(28,29)16-11-9-15(3)10-12-16/h5,9-12,17-18H,2,4,6-8,13-14H2,1,3H3,(H,22,27)(H,23,26)/t17?,18-/m0/s1. The molecular formula is C21H29N3O5S. The molecule has 1 aromatic carbocycles. The molecule has 164 valence electrons. The SMILES string of the molecule is C=CCNC(=O)C(=O)C(CCC)NC(=O)[C@@H]1CCCN1S(=O)(=O)c1ccc(C)cc1. The van der Waals surface area contributed by atoms with Gasteiger partial charge in [0.2, 0.25) is 21.7 Å². The van der Waals surface area contributed by atoms with Crippen LogP contribution in [0.3, 0.4) is 0 Å². The first-order valence-electron chi connectivity index (χ1n) is 10.0. The molecule has 9 heteroatoms. The summed E-state index contributed by atoms with van der Waals surface area (Å²) in [6.45, 7) is 7.53. The van der Waals surface area contributed by atoms with Crippen molar-refractivity contribution in [2.24, 2.45) is 0 Å². The van der Waals surface area contributed by atoms with E-state index in [-0.39, 0.29) is 24.4 Å². The second-order valence-electron chi connectivity index (χ2n) is 7.30. The number of amides is 2. The number of carbonyl (C=O) groups excluding carboxylic acids is 3. The van der Waals surface area contributed by atoms with Crippen molar-refractivity contribution in [3.8, 4) is 0 Å². The normalized spacial score (nSPS) is 17.9. The second kappa shape index (κ2) is 10.5. The van der Waals surface area contributed by atoms with Crippen LogP contribution in [0.1, 0.15) is 38.2 Å². The summed E-state index contributed by atoms with van der Waals surface area (Å²) in [5, 5.41) is 5.01. The quantitative estimate of drug-likeness (QED) is 0.425. The minimum Gasteiger partial charge on any atom is -0.346 e. The van der Waals surface area contributed by atoms with Gasteiger partial charge in [-0.25, -0.2) is 8.42 Å². The minimum absolute atomic E-state index is 0.123. The molecule has 1 aliphatic heterocycles. The maximum absolute atomic E-state index is 13.0. The first-order chi connectivity index (χ1) is 14.2. The lowest BCUT2D eigenvalue weighted by Gasteiger charge is -2.25. The lowest BCUT2D eigenvalue weighted by molar-refractivity contribution is -0.140. The van der Waals surface area contributed by atoms with E-state index in [0.717, 1.165) is 5.56 Å². The number of hydrogen-bond acceptors (Lipinski definition) is 5. The predicted molar refractivity (Wildman–Crippen MR) is 113 cm³/mol. The van der Waals surface area contributed by atoms with Crippen LogP contribution < -0.4 is 10.6 Å². The Hall–Kier alpha value is -2.52. The van der Waals surface area contributed by atoms with Crippen molar-refractivity contribution in [3.63, 3.8) is 0 Å². The highest BCUT2D eigenvalue weighted by Gasteiger charge is 2.40. The van der Waals surface area contributed by atoms with Crippen molar-refractivity contribution in [1.82, 2.24) is 14.9 Å². The first kappa shape index (κ1) is 23.8. The molecule has 0 spiro atoms. The third-order valence-corrected chi connectivity index (χ3v) is 6.90. The zero-order valence-corrected chi connectivity index (χ0v) is 18.2. The summed E-state index contributed by atoms with van der Waals surface area (Å²) in [4.78, 5) is 37.4. The molecule has 2 amide bonds. The van der Waals surface area contributed by atoms with Gasteiger partial charge in [0.05, 0.1) is 10.9 Å². The van der Waals surface area contributed by atoms with Crippen LogP contribution in [0.25, 0.3) is 0 Å². The summed E-state index contributed by atoms with van der Waals surface area (Å²) < 4.78 is 27.3. The molecule has 0 radical (unpaired) electrons. The largest absolute Gasteiger partial charge is 0.346 e. The Morgan fingerprint density at radius 1 is 1.27 bits per heavy atom. The Bertz CT molecular complexity index is 896. The van der Waals surface area contributed by atoms with Crippen LogP contribution in [-0.4, -0.2) is 55.5 Å². The molecule has 2 N–H and O–H groups in total. The molecule has 0 aromatic heterocycles. The van der Waals surface area contributed by atoms with Crippen molar-refractivity contribution < 1.29 is 22.8 Å². The van der Waals surface area contributed by atoms with Crippen LogP contribution in [0.4, 0.5) is 0 Å². The summed E-state index contributed by atoms with van der Waals surface area (Å²) in [5.41, 5.74) is 0.931. The molecule has 2 rings (SSSR count). The van der Waals surface area contributed by atoms with Crippen molar-refractivity contribution in [3.05, 3.63) is 42.5 Å². The van der Waals surface area contributed by atoms with E-state index in [0.29, 0.717) is 19.3 Å². The van der Waals surface area contributed by atoms with Gasteiger partial charge < -0.3 is 10.6 Å². The van der Waals surface area contributed by atoms with Gasteiger partial charge >= 0.3 is 0 Å². The van der Waals surface area contributed by atoms with Gasteiger partial charge in [-0.05, 0) is 38.3 Å². The molecule has 8 nitrogen and oxygen atoms in total. The Labute approximate surface area is 177 Å². The van der Waals surface area contributed by atoms with Gasteiger partial charge in [-0.3, -0.25) is 14.4 Å². The number of aryl methyl sites for hydroxylation is 1. The number of sulfonamides is 1. The molecule has 1 heterocycles. The molecule has 0 aliphatic carbocycles. The highest BCUT2D eigenvalue weighted by molar-refractivity contribution is 7.89. The van der Waals surface area contributed by atoms with Crippen LogP contribution >= 0.6 is 0 Å². The van der Waals surface area contributed by atoms with E-state index < -0.39 is 39.7 Å². The van der Waals surface area contributed by atoms with Crippen molar-refractivity contribution in [2.45, 2.75) is 56.5 Å². The molecule has 1 fully saturated rings. The van der Waals surface area contributed by atoms with Crippen LogP contribution in [0.5, 0.6) is 0 Å². The third kappa shape index (κ3) is 5.54. The smallest absolute Gasteiger partial charge is 0.289 e. The highest BCUT2D eigenvalue weighted by Crippen LogP contribution is 2.26. The predicted octanol–water partition coefficient (Wildman–Crippen LogP) is 1.30. The molecule has 30 heavy (non-hydrogen) atoms. The van der Waals surface area contributed by atoms with Gasteiger partial charge in [0.1, 0.15) is 6.04 Å². The van der Waals surface area contributed by atoms with Crippen molar-refractivity contribution in [2.75, 3.05) is 13.1 Å². The summed E-state index contributed by atoms with van der Waals surface area (Å²) in [7, 11) is -3.85. The average molecular weight is 436 g/mol. The zero-order chi connectivity index (χ0) is 22.3. The zero-order valence-electron chi connectivity index (χ0n) is 17.4. The van der Waals surface area contributed by atoms with Gasteiger partial charge in [-0.2, -0.15) is 4.31 Å². The lowest BCUT2D eigenvalue weighted by Crippen LogP contribution is -2.53. The van der Waals surface area contributed by atoms with Crippen LogP contribution in [-0.2, 0) is 24.4 Å². The molecule has 1 saturated heterocycles. The van der Waals surface area contributed by atoms with Crippen molar-refractivity contribution in [1.29, 1.82) is 0 Å². The van der Waals surface area contributed by atoms with E-state index >= 15 is 0 Å². The summed E-state index contributed by atoms with van der Waals surface area (Å²) >= 11 is 0. The van der Waals surface area contributed by atoms with E-state index in [1.807, 2.05) is 13.8 Å². The van der Waals surface area contributed by atoms with Gasteiger partial charge in [0.25, 0.3) is 5.91 Å². The number of carbonyl (C=O) groups is 3. The van der Waals surface area contributed by atoms with E-state index in [9.17, 15) is 22.8 Å². The Morgan fingerprint density at radius 2 is 1.93 bits per heavy atom. The Kier molecular flexibility index (Phi) is 8.31. The number of Topliss-reactive ketones (excluding diaryl/α,β-unsaturated/α-hetero) is 1. The van der Waals surface area contributed by atoms with E-state index in [1.54, 1.807) is 12.1 Å². The fourth-order valence-corrected chi connectivity index (χ4v) is 5.03. The Morgan fingerprint density at radius 3 is 2.53 bits per heavy atom. The third-order valence-electron chi connectivity index (χ3n) is 4.97. The maximum atomic E-state index is 13.0. The monoisotopic (exact) mass is 435 g/mol. The molecule has 1 unspecified atom stereocenters.